The first-order valence-electron chi connectivity index (χ1n) is 7.38. The Labute approximate surface area is 110 Å². The standard InChI is InChI=1S/C14H26N2O2/c1-2-18-13(17)12(15)14(8-4-5-9-14)16-10-6-3-7-11-16/h12H,2-11,15H2,1H3. The van der Waals surface area contributed by atoms with Crippen molar-refractivity contribution in [2.75, 3.05) is 19.7 Å². The molecule has 1 atom stereocenters. The summed E-state index contributed by atoms with van der Waals surface area (Å²) in [6.45, 7) is 4.44. The number of nitrogens with two attached hydrogens (primary N) is 1. The molecule has 1 aliphatic carbocycles. The summed E-state index contributed by atoms with van der Waals surface area (Å²) < 4.78 is 5.14. The van der Waals surface area contributed by atoms with E-state index < -0.39 is 6.04 Å². The van der Waals surface area contributed by atoms with E-state index in [0.717, 1.165) is 25.9 Å². The molecule has 0 spiro atoms. The Kier molecular flexibility index (Phi) is 4.62. The number of rotatable bonds is 4. The second-order valence-electron chi connectivity index (χ2n) is 5.59. The Morgan fingerprint density at radius 1 is 1.22 bits per heavy atom. The van der Waals surface area contributed by atoms with Gasteiger partial charge in [0.05, 0.1) is 6.61 Å². The van der Waals surface area contributed by atoms with Crippen LogP contribution in [0.2, 0.25) is 0 Å². The van der Waals surface area contributed by atoms with Crippen molar-refractivity contribution in [2.45, 2.75) is 63.5 Å². The zero-order valence-electron chi connectivity index (χ0n) is 11.5. The third-order valence-corrected chi connectivity index (χ3v) is 4.57. The fourth-order valence-corrected chi connectivity index (χ4v) is 3.60. The largest absolute Gasteiger partial charge is 0.465 e. The van der Waals surface area contributed by atoms with Crippen LogP contribution in [0, 0.1) is 0 Å². The van der Waals surface area contributed by atoms with Crippen molar-refractivity contribution in [2.24, 2.45) is 5.73 Å². The molecule has 1 saturated heterocycles. The Bertz CT molecular complexity index is 282. The number of esters is 1. The Morgan fingerprint density at radius 2 is 1.83 bits per heavy atom. The van der Waals surface area contributed by atoms with Crippen molar-refractivity contribution < 1.29 is 9.53 Å². The minimum atomic E-state index is -0.474. The summed E-state index contributed by atoms with van der Waals surface area (Å²) in [7, 11) is 0. The first-order chi connectivity index (χ1) is 8.70. The number of hydrogen-bond acceptors (Lipinski definition) is 4. The predicted molar refractivity (Wildman–Crippen MR) is 71.2 cm³/mol. The number of piperidine rings is 1. The van der Waals surface area contributed by atoms with Gasteiger partial charge in [-0.25, -0.2) is 0 Å². The van der Waals surface area contributed by atoms with Crippen LogP contribution >= 0.6 is 0 Å². The van der Waals surface area contributed by atoms with Gasteiger partial charge in [0.2, 0.25) is 0 Å². The molecule has 18 heavy (non-hydrogen) atoms. The number of ether oxygens (including phenoxy) is 1. The van der Waals surface area contributed by atoms with Crippen LogP contribution in [0.5, 0.6) is 0 Å². The second-order valence-corrected chi connectivity index (χ2v) is 5.59. The van der Waals surface area contributed by atoms with Crippen LogP contribution in [-0.2, 0) is 9.53 Å². The van der Waals surface area contributed by atoms with Gasteiger partial charge >= 0.3 is 5.97 Å². The maximum atomic E-state index is 12.0. The van der Waals surface area contributed by atoms with Crippen LogP contribution in [0.25, 0.3) is 0 Å². The maximum Gasteiger partial charge on any atom is 0.324 e. The van der Waals surface area contributed by atoms with Gasteiger partial charge in [-0.1, -0.05) is 19.3 Å². The van der Waals surface area contributed by atoms with E-state index in [2.05, 4.69) is 4.90 Å². The van der Waals surface area contributed by atoms with Crippen LogP contribution in [0.4, 0.5) is 0 Å². The minimum Gasteiger partial charge on any atom is -0.465 e. The average Bonchev–Trinajstić information content (AvgIpc) is 2.90. The highest BCUT2D eigenvalue weighted by atomic mass is 16.5. The summed E-state index contributed by atoms with van der Waals surface area (Å²) in [6, 6.07) is -0.474. The molecular weight excluding hydrogens is 228 g/mol. The topological polar surface area (TPSA) is 55.6 Å². The number of hydrogen-bond donors (Lipinski definition) is 1. The van der Waals surface area contributed by atoms with Crippen LogP contribution in [0.3, 0.4) is 0 Å². The third-order valence-electron chi connectivity index (χ3n) is 4.57. The lowest BCUT2D eigenvalue weighted by atomic mass is 9.85. The Hall–Kier alpha value is -0.610. The number of likely N-dealkylation sites (tertiary alicyclic amines) is 1. The van der Waals surface area contributed by atoms with Crippen LogP contribution in [-0.4, -0.2) is 42.1 Å². The van der Waals surface area contributed by atoms with Gasteiger partial charge in [-0.05, 0) is 45.7 Å². The van der Waals surface area contributed by atoms with Gasteiger partial charge in [-0.3, -0.25) is 9.69 Å². The van der Waals surface area contributed by atoms with Gasteiger partial charge in [0.1, 0.15) is 6.04 Å². The van der Waals surface area contributed by atoms with Crippen molar-refractivity contribution >= 4 is 5.97 Å². The van der Waals surface area contributed by atoms with E-state index in [1.54, 1.807) is 0 Å². The molecule has 1 unspecified atom stereocenters. The summed E-state index contributed by atoms with van der Waals surface area (Å²) in [6.07, 6.45) is 8.24. The lowest BCUT2D eigenvalue weighted by molar-refractivity contribution is -0.149. The summed E-state index contributed by atoms with van der Waals surface area (Å²) in [5.74, 6) is -0.218. The molecule has 0 aromatic rings. The van der Waals surface area contributed by atoms with Crippen LogP contribution < -0.4 is 5.73 Å². The molecule has 2 N–H and O–H groups in total. The van der Waals surface area contributed by atoms with Gasteiger partial charge < -0.3 is 10.5 Å². The molecule has 0 aromatic carbocycles. The van der Waals surface area contributed by atoms with Gasteiger partial charge in [-0.2, -0.15) is 0 Å². The molecule has 0 aromatic heterocycles. The molecule has 2 rings (SSSR count). The summed E-state index contributed by atoms with van der Waals surface area (Å²) in [4.78, 5) is 14.5. The lowest BCUT2D eigenvalue weighted by Crippen LogP contribution is -2.62. The summed E-state index contributed by atoms with van der Waals surface area (Å²) in [5.41, 5.74) is 6.14. The van der Waals surface area contributed by atoms with E-state index in [0.29, 0.717) is 6.61 Å². The highest BCUT2D eigenvalue weighted by molar-refractivity contribution is 5.77. The second kappa shape index (κ2) is 6.02. The first-order valence-corrected chi connectivity index (χ1v) is 7.38. The van der Waals surface area contributed by atoms with Crippen molar-refractivity contribution in [3.63, 3.8) is 0 Å². The molecule has 1 heterocycles. The Balaban J connectivity index is 2.12. The van der Waals surface area contributed by atoms with Crippen LogP contribution in [0.1, 0.15) is 51.9 Å². The quantitative estimate of drug-likeness (QED) is 0.775. The van der Waals surface area contributed by atoms with E-state index in [1.165, 1.54) is 32.1 Å². The number of nitrogens with zero attached hydrogens (tertiary/aromatic N) is 1. The van der Waals surface area contributed by atoms with Crippen molar-refractivity contribution in [3.8, 4) is 0 Å². The third kappa shape index (κ3) is 2.54. The molecule has 2 fully saturated rings. The monoisotopic (exact) mass is 254 g/mol. The van der Waals surface area contributed by atoms with E-state index in [1.807, 2.05) is 6.92 Å². The fourth-order valence-electron chi connectivity index (χ4n) is 3.60. The lowest BCUT2D eigenvalue weighted by Gasteiger charge is -2.46. The van der Waals surface area contributed by atoms with Gasteiger partial charge in [-0.15, -0.1) is 0 Å². The van der Waals surface area contributed by atoms with Crippen LogP contribution in [0.15, 0.2) is 0 Å². The molecule has 4 heteroatoms. The van der Waals surface area contributed by atoms with E-state index in [-0.39, 0.29) is 11.5 Å². The van der Waals surface area contributed by atoms with E-state index in [9.17, 15) is 4.79 Å². The summed E-state index contributed by atoms with van der Waals surface area (Å²) in [5, 5.41) is 0. The fraction of sp³-hybridized carbons (Fsp3) is 0.929. The Morgan fingerprint density at radius 3 is 2.39 bits per heavy atom. The van der Waals surface area contributed by atoms with Crippen molar-refractivity contribution in [1.29, 1.82) is 0 Å². The SMILES string of the molecule is CCOC(=O)C(N)C1(N2CCCCC2)CCCC1. The summed E-state index contributed by atoms with van der Waals surface area (Å²) >= 11 is 0. The smallest absolute Gasteiger partial charge is 0.324 e. The highest BCUT2D eigenvalue weighted by Crippen LogP contribution is 2.39. The zero-order valence-corrected chi connectivity index (χ0v) is 11.5. The minimum absolute atomic E-state index is 0.118. The molecule has 4 nitrogen and oxygen atoms in total. The van der Waals surface area contributed by atoms with Crippen molar-refractivity contribution in [1.82, 2.24) is 4.90 Å². The molecule has 0 amide bonds. The van der Waals surface area contributed by atoms with Crippen molar-refractivity contribution in [3.05, 3.63) is 0 Å². The number of carbonyl (C=O) groups excluding carboxylic acids is 1. The normalized spacial score (nSPS) is 25.9. The first kappa shape index (κ1) is 13.8. The van der Waals surface area contributed by atoms with E-state index >= 15 is 0 Å². The molecular formula is C14H26N2O2. The zero-order chi connectivity index (χ0) is 13.0. The molecule has 2 aliphatic rings. The molecule has 1 aliphatic heterocycles. The van der Waals surface area contributed by atoms with Gasteiger partial charge in [0.25, 0.3) is 0 Å². The predicted octanol–water partition coefficient (Wildman–Crippen LogP) is 1.68. The average molecular weight is 254 g/mol. The highest BCUT2D eigenvalue weighted by Gasteiger charge is 2.48. The molecule has 1 saturated carbocycles. The molecule has 0 radical (unpaired) electrons. The van der Waals surface area contributed by atoms with Gasteiger partial charge in [0.15, 0.2) is 0 Å². The van der Waals surface area contributed by atoms with E-state index in [4.69, 9.17) is 10.5 Å². The maximum absolute atomic E-state index is 12.0. The molecule has 104 valence electrons. The van der Waals surface area contributed by atoms with Gasteiger partial charge in [0, 0.05) is 5.54 Å². The number of carbonyl (C=O) groups is 1. The molecule has 0 bridgehead atoms.